The predicted octanol–water partition coefficient (Wildman–Crippen LogP) is 3.65. The summed E-state index contributed by atoms with van der Waals surface area (Å²) in [7, 11) is 1.78. The molecule has 1 aromatic carbocycles. The highest BCUT2D eigenvalue weighted by atomic mass is 19.1. The van der Waals surface area contributed by atoms with Crippen LogP contribution >= 0.6 is 0 Å². The lowest BCUT2D eigenvalue weighted by Crippen LogP contribution is -2.09. The Hall–Kier alpha value is -2.10. The second kappa shape index (κ2) is 8.91. The average Bonchev–Trinajstić information content (AvgIpc) is 2.36. The van der Waals surface area contributed by atoms with E-state index in [1.807, 2.05) is 24.3 Å². The fourth-order valence-electron chi connectivity index (χ4n) is 1.27. The Kier molecular flexibility index (Phi) is 7.93. The van der Waals surface area contributed by atoms with Gasteiger partial charge in [0.05, 0.1) is 11.5 Å². The summed E-state index contributed by atoms with van der Waals surface area (Å²) in [5.74, 6) is -0.333. The first kappa shape index (κ1) is 16.9. The molecule has 0 aromatic heterocycles. The Labute approximate surface area is 114 Å². The molecule has 1 aromatic rings. The summed E-state index contributed by atoms with van der Waals surface area (Å²) >= 11 is 0. The second-order valence-electron chi connectivity index (χ2n) is 3.94. The van der Waals surface area contributed by atoms with E-state index in [1.165, 1.54) is 6.92 Å². The third kappa shape index (κ3) is 7.03. The number of hydrogen-bond acceptors (Lipinski definition) is 3. The molecule has 0 atom stereocenters. The van der Waals surface area contributed by atoms with Crippen LogP contribution in [-0.2, 0) is 0 Å². The van der Waals surface area contributed by atoms with Crippen molar-refractivity contribution in [1.82, 2.24) is 5.43 Å². The number of halogens is 1. The third-order valence-corrected chi connectivity index (χ3v) is 2.17. The molecule has 0 spiro atoms. The second-order valence-corrected chi connectivity index (χ2v) is 3.94. The van der Waals surface area contributed by atoms with Crippen LogP contribution in [-0.4, -0.2) is 12.8 Å². The van der Waals surface area contributed by atoms with Gasteiger partial charge in [0.1, 0.15) is 0 Å². The van der Waals surface area contributed by atoms with Crippen LogP contribution in [0.5, 0.6) is 0 Å². The van der Waals surface area contributed by atoms with Gasteiger partial charge in [-0.25, -0.2) is 4.39 Å². The van der Waals surface area contributed by atoms with Crippen molar-refractivity contribution in [2.24, 2.45) is 5.10 Å². The smallest absolute Gasteiger partial charge is 0.0927 e. The molecule has 0 aliphatic heterocycles. The van der Waals surface area contributed by atoms with Crippen LogP contribution in [0.2, 0.25) is 0 Å². The minimum absolute atomic E-state index is 0.333. The van der Waals surface area contributed by atoms with Crippen molar-refractivity contribution in [1.29, 1.82) is 0 Å². The Bertz CT molecular complexity index is 443. The number of rotatable bonds is 4. The maximum atomic E-state index is 10.8. The zero-order valence-electron chi connectivity index (χ0n) is 11.8. The van der Waals surface area contributed by atoms with Gasteiger partial charge in [0.2, 0.25) is 0 Å². The van der Waals surface area contributed by atoms with Gasteiger partial charge in [0.25, 0.3) is 0 Å². The summed E-state index contributed by atoms with van der Waals surface area (Å²) in [5, 5.41) is 4.22. The van der Waals surface area contributed by atoms with Gasteiger partial charge in [-0.1, -0.05) is 32.2 Å². The molecule has 0 saturated heterocycles. The monoisotopic (exact) mass is 263 g/mol. The molecule has 104 valence electrons. The van der Waals surface area contributed by atoms with Crippen LogP contribution in [0.4, 0.5) is 10.1 Å². The summed E-state index contributed by atoms with van der Waals surface area (Å²) in [4.78, 5) is 0. The lowest BCUT2D eigenvalue weighted by molar-refractivity contribution is 0.645. The first-order valence-electron chi connectivity index (χ1n) is 6.01. The van der Waals surface area contributed by atoms with Crippen LogP contribution in [0.15, 0.2) is 53.9 Å². The normalized spacial score (nSPS) is 10.2. The molecule has 19 heavy (non-hydrogen) atoms. The molecule has 0 fully saturated rings. The van der Waals surface area contributed by atoms with Gasteiger partial charge >= 0.3 is 0 Å². The van der Waals surface area contributed by atoms with Crippen molar-refractivity contribution in [2.45, 2.75) is 20.3 Å². The van der Waals surface area contributed by atoms with Crippen molar-refractivity contribution >= 4 is 11.4 Å². The highest BCUT2D eigenvalue weighted by Crippen LogP contribution is 2.12. The lowest BCUT2D eigenvalue weighted by Gasteiger charge is -2.08. The molecule has 0 aliphatic rings. The summed E-state index contributed by atoms with van der Waals surface area (Å²) in [6, 6.07) is 7.63. The van der Waals surface area contributed by atoms with E-state index in [0.29, 0.717) is 0 Å². The van der Waals surface area contributed by atoms with Gasteiger partial charge in [-0.05, 0) is 31.1 Å². The SMILES string of the molecule is C=C(C)F.C=C(CC)/C(=N\NC)c1ccc(N)cc1. The van der Waals surface area contributed by atoms with E-state index in [0.717, 1.165) is 29.0 Å². The van der Waals surface area contributed by atoms with Crippen LogP contribution < -0.4 is 11.2 Å². The fourth-order valence-corrected chi connectivity index (χ4v) is 1.27. The quantitative estimate of drug-likeness (QED) is 0.495. The summed E-state index contributed by atoms with van der Waals surface area (Å²) in [5.41, 5.74) is 12.1. The fraction of sp³-hybridized carbons (Fsp3) is 0.267. The number of hydrogen-bond donors (Lipinski definition) is 2. The molecule has 0 aliphatic carbocycles. The molecule has 0 heterocycles. The Morgan fingerprint density at radius 2 is 1.79 bits per heavy atom. The zero-order chi connectivity index (χ0) is 14.8. The molecule has 3 N–H and O–H groups in total. The molecule has 0 bridgehead atoms. The van der Waals surface area contributed by atoms with Crippen molar-refractivity contribution in [2.75, 3.05) is 12.8 Å². The number of nitrogens with zero attached hydrogens (tertiary/aromatic N) is 1. The Morgan fingerprint density at radius 3 is 2.16 bits per heavy atom. The summed E-state index contributed by atoms with van der Waals surface area (Å²) in [6.45, 7) is 10.2. The van der Waals surface area contributed by atoms with Crippen LogP contribution in [0.25, 0.3) is 0 Å². The van der Waals surface area contributed by atoms with E-state index < -0.39 is 0 Å². The minimum atomic E-state index is -0.333. The third-order valence-electron chi connectivity index (χ3n) is 2.17. The largest absolute Gasteiger partial charge is 0.399 e. The minimum Gasteiger partial charge on any atom is -0.399 e. The van der Waals surface area contributed by atoms with Crippen LogP contribution in [0.3, 0.4) is 0 Å². The van der Waals surface area contributed by atoms with E-state index in [4.69, 9.17) is 5.73 Å². The molecule has 0 amide bonds. The molecule has 0 unspecified atom stereocenters. The number of benzene rings is 1. The highest BCUT2D eigenvalue weighted by molar-refractivity contribution is 6.12. The van der Waals surface area contributed by atoms with Crippen molar-refractivity contribution in [3.8, 4) is 0 Å². The summed E-state index contributed by atoms with van der Waals surface area (Å²) in [6.07, 6.45) is 0.880. The first-order chi connectivity index (χ1) is 8.92. The number of anilines is 1. The van der Waals surface area contributed by atoms with Gasteiger partial charge in [0, 0.05) is 18.3 Å². The van der Waals surface area contributed by atoms with Crippen LogP contribution in [0, 0.1) is 0 Å². The standard InChI is InChI=1S/C12H17N3.C3H5F/c1-4-9(2)12(15-14-3)10-5-7-11(13)8-6-10;1-3(2)4/h5-8,14H,2,4,13H2,1,3H3;1H2,2H3/b15-12+;. The number of allylic oxidation sites excluding steroid dienone is 2. The molecule has 0 radical (unpaired) electrons. The van der Waals surface area contributed by atoms with E-state index in [9.17, 15) is 4.39 Å². The number of nitrogens with two attached hydrogens (primary N) is 1. The van der Waals surface area contributed by atoms with Gasteiger partial charge in [-0.15, -0.1) is 0 Å². The van der Waals surface area contributed by atoms with E-state index >= 15 is 0 Å². The van der Waals surface area contributed by atoms with E-state index in [1.54, 1.807) is 7.05 Å². The van der Waals surface area contributed by atoms with E-state index in [2.05, 4.69) is 30.6 Å². The molecule has 0 saturated carbocycles. The van der Waals surface area contributed by atoms with E-state index in [-0.39, 0.29) is 5.83 Å². The summed E-state index contributed by atoms with van der Waals surface area (Å²) < 4.78 is 10.8. The highest BCUT2D eigenvalue weighted by Gasteiger charge is 2.06. The average molecular weight is 263 g/mol. The predicted molar refractivity (Wildman–Crippen MR) is 81.8 cm³/mol. The Morgan fingerprint density at radius 1 is 1.32 bits per heavy atom. The zero-order valence-corrected chi connectivity index (χ0v) is 11.8. The van der Waals surface area contributed by atoms with Gasteiger partial charge in [0.15, 0.2) is 0 Å². The van der Waals surface area contributed by atoms with Crippen molar-refractivity contribution in [3.63, 3.8) is 0 Å². The maximum absolute atomic E-state index is 10.8. The molecular formula is C15H22FN3. The number of nitrogen functional groups attached to an aromatic ring is 1. The van der Waals surface area contributed by atoms with Crippen LogP contribution in [0.1, 0.15) is 25.8 Å². The van der Waals surface area contributed by atoms with Crippen molar-refractivity contribution in [3.05, 3.63) is 54.4 Å². The Balaban J connectivity index is 0.000000711. The molecular weight excluding hydrogens is 241 g/mol. The molecule has 3 nitrogen and oxygen atoms in total. The topological polar surface area (TPSA) is 50.4 Å². The maximum Gasteiger partial charge on any atom is 0.0927 e. The molecule has 4 heteroatoms. The molecule has 1 rings (SSSR count). The first-order valence-corrected chi connectivity index (χ1v) is 6.01. The van der Waals surface area contributed by atoms with Gasteiger partial charge in [-0.3, -0.25) is 0 Å². The lowest BCUT2D eigenvalue weighted by atomic mass is 10.0. The number of nitrogens with one attached hydrogen (secondary N) is 1. The number of hydrazone groups is 1. The van der Waals surface area contributed by atoms with Gasteiger partial charge in [-0.2, -0.15) is 5.10 Å². The van der Waals surface area contributed by atoms with Gasteiger partial charge < -0.3 is 11.2 Å². The van der Waals surface area contributed by atoms with Crippen molar-refractivity contribution < 1.29 is 4.39 Å².